The van der Waals surface area contributed by atoms with Gasteiger partial charge in [-0.2, -0.15) is 13.2 Å². The van der Waals surface area contributed by atoms with Crippen LogP contribution in [0, 0.1) is 0 Å². The Morgan fingerprint density at radius 2 is 1.87 bits per heavy atom. The third-order valence-electron chi connectivity index (χ3n) is 7.31. The molecule has 1 atom stereocenters. The molecule has 0 saturated carbocycles. The summed E-state index contributed by atoms with van der Waals surface area (Å²) >= 11 is 0. The summed E-state index contributed by atoms with van der Waals surface area (Å²) in [6.07, 6.45) is -1.42. The number of amides is 1. The van der Waals surface area contributed by atoms with Crippen molar-refractivity contribution in [1.29, 1.82) is 0 Å². The summed E-state index contributed by atoms with van der Waals surface area (Å²) in [5.41, 5.74) is 4.06. The van der Waals surface area contributed by atoms with E-state index in [4.69, 9.17) is 0 Å². The maximum atomic E-state index is 12.7. The summed E-state index contributed by atoms with van der Waals surface area (Å²) in [4.78, 5) is 18.5. The lowest BCUT2D eigenvalue weighted by Gasteiger charge is -2.45. The molecule has 172 valence electrons. The maximum Gasteiger partial charge on any atom is 0.425 e. The molecule has 0 bridgehead atoms. The molecular weight excluding hydrogens is 407 g/mol. The van der Waals surface area contributed by atoms with E-state index in [-0.39, 0.29) is 5.54 Å². The molecule has 2 saturated heterocycles. The Balaban J connectivity index is 1.38. The topological polar surface area (TPSA) is 36.0 Å². The van der Waals surface area contributed by atoms with Gasteiger partial charge in [0.2, 0.25) is 0 Å². The number of fused-ring (bicyclic) bond motifs is 1. The maximum absolute atomic E-state index is 12.7. The molecule has 2 fully saturated rings. The molecule has 1 unspecified atom stereocenters. The average molecular weight is 440 g/mol. The van der Waals surface area contributed by atoms with Crippen LogP contribution < -0.4 is 4.90 Å². The van der Waals surface area contributed by atoms with Crippen molar-refractivity contribution in [3.63, 3.8) is 0 Å². The molecule has 4 rings (SSSR count). The normalized spacial score (nSPS) is 22.5. The van der Waals surface area contributed by atoms with Gasteiger partial charge >= 0.3 is 12.3 Å². The van der Waals surface area contributed by atoms with Crippen molar-refractivity contribution in [2.45, 2.75) is 69.8 Å². The van der Waals surface area contributed by atoms with Gasteiger partial charge in [0.25, 0.3) is 0 Å². The van der Waals surface area contributed by atoms with Crippen LogP contribution in [0.25, 0.3) is 0 Å². The number of carbonyl (C=O) groups excluding carboxylic acids is 1. The van der Waals surface area contributed by atoms with Gasteiger partial charge in [-0.25, -0.2) is 4.79 Å². The van der Waals surface area contributed by atoms with Crippen molar-refractivity contribution >= 4 is 11.8 Å². The van der Waals surface area contributed by atoms with Crippen molar-refractivity contribution < 1.29 is 22.7 Å². The number of carbonyl (C=O) groups is 1. The van der Waals surface area contributed by atoms with Gasteiger partial charge in [-0.05, 0) is 69.2 Å². The van der Waals surface area contributed by atoms with Crippen LogP contribution in [0.2, 0.25) is 0 Å². The van der Waals surface area contributed by atoms with Crippen LogP contribution in [-0.2, 0) is 17.7 Å². The molecule has 5 nitrogen and oxygen atoms in total. The lowest BCUT2D eigenvalue weighted by Crippen LogP contribution is -2.53. The molecule has 0 radical (unpaired) electrons. The highest BCUT2D eigenvalue weighted by Crippen LogP contribution is 2.40. The number of aryl methyl sites for hydroxylation is 1. The van der Waals surface area contributed by atoms with E-state index < -0.39 is 18.4 Å². The van der Waals surface area contributed by atoms with Crippen LogP contribution in [0.15, 0.2) is 18.2 Å². The van der Waals surface area contributed by atoms with E-state index in [0.717, 1.165) is 58.7 Å². The number of ether oxygens (including phenoxy) is 1. The van der Waals surface area contributed by atoms with Crippen LogP contribution >= 0.6 is 0 Å². The molecule has 1 aromatic carbocycles. The zero-order valence-corrected chi connectivity index (χ0v) is 18.4. The Kier molecular flexibility index (Phi) is 6.12. The van der Waals surface area contributed by atoms with E-state index in [0.29, 0.717) is 13.1 Å². The number of nitrogens with zero attached hydrogens (tertiary/aromatic N) is 3. The summed E-state index contributed by atoms with van der Waals surface area (Å²) in [7, 11) is 2.15. The third-order valence-corrected chi connectivity index (χ3v) is 7.31. The Labute approximate surface area is 182 Å². The molecule has 1 aromatic rings. The fourth-order valence-electron chi connectivity index (χ4n) is 5.33. The Morgan fingerprint density at radius 1 is 1.13 bits per heavy atom. The van der Waals surface area contributed by atoms with Crippen molar-refractivity contribution in [2.24, 2.45) is 0 Å². The first-order valence-electron chi connectivity index (χ1n) is 11.3. The second-order valence-electron chi connectivity index (χ2n) is 9.29. The smallest absolute Gasteiger partial charge is 0.425 e. The highest BCUT2D eigenvalue weighted by Gasteiger charge is 2.45. The molecular formula is C23H32F3N3O2. The first-order chi connectivity index (χ1) is 14.7. The van der Waals surface area contributed by atoms with Crippen molar-refractivity contribution in [2.75, 3.05) is 38.1 Å². The SMILES string of the molecule is CC(OC(=O)N1CCC2(CCCN2Cc2ccc3c(c2)N(C)CCC3)CC1)C(F)(F)F. The van der Waals surface area contributed by atoms with Gasteiger partial charge in [0.05, 0.1) is 0 Å². The Morgan fingerprint density at radius 3 is 2.58 bits per heavy atom. The lowest BCUT2D eigenvalue weighted by atomic mass is 9.84. The predicted molar refractivity (Wildman–Crippen MR) is 113 cm³/mol. The summed E-state index contributed by atoms with van der Waals surface area (Å²) in [5, 5.41) is 0. The minimum atomic E-state index is -4.53. The summed E-state index contributed by atoms with van der Waals surface area (Å²) < 4.78 is 42.7. The van der Waals surface area contributed by atoms with Gasteiger partial charge < -0.3 is 14.5 Å². The van der Waals surface area contributed by atoms with E-state index in [1.165, 1.54) is 28.1 Å². The number of hydrogen-bond donors (Lipinski definition) is 0. The standard InChI is InChI=1S/C23H32F3N3O2/c1-17(23(24,25)26)31-21(30)28-13-9-22(10-14-28)8-4-12-29(22)16-18-6-7-19-5-3-11-27(2)20(19)15-18/h6-7,15,17H,3-5,8-14,16H2,1-2H3. The minimum Gasteiger partial charge on any atom is -0.437 e. The lowest BCUT2D eigenvalue weighted by molar-refractivity contribution is -0.200. The highest BCUT2D eigenvalue weighted by molar-refractivity contribution is 5.68. The molecule has 0 aromatic heterocycles. The van der Waals surface area contributed by atoms with E-state index in [1.807, 2.05) is 0 Å². The molecule has 1 spiro atoms. The van der Waals surface area contributed by atoms with Gasteiger partial charge in [0, 0.05) is 44.5 Å². The fraction of sp³-hybridized carbons (Fsp3) is 0.696. The Bertz CT molecular complexity index is 806. The fourth-order valence-corrected chi connectivity index (χ4v) is 5.33. The second-order valence-corrected chi connectivity index (χ2v) is 9.29. The van der Waals surface area contributed by atoms with Crippen molar-refractivity contribution in [1.82, 2.24) is 9.80 Å². The molecule has 0 N–H and O–H groups in total. The largest absolute Gasteiger partial charge is 0.437 e. The zero-order chi connectivity index (χ0) is 22.2. The number of piperidine rings is 1. The van der Waals surface area contributed by atoms with E-state index in [9.17, 15) is 18.0 Å². The van der Waals surface area contributed by atoms with Crippen molar-refractivity contribution in [3.8, 4) is 0 Å². The van der Waals surface area contributed by atoms with Crippen LogP contribution in [0.4, 0.5) is 23.7 Å². The highest BCUT2D eigenvalue weighted by atomic mass is 19.4. The molecule has 1 amide bonds. The van der Waals surface area contributed by atoms with Crippen LogP contribution in [0.3, 0.4) is 0 Å². The van der Waals surface area contributed by atoms with Crippen LogP contribution in [0.5, 0.6) is 0 Å². The second kappa shape index (κ2) is 8.52. The quantitative estimate of drug-likeness (QED) is 0.691. The van der Waals surface area contributed by atoms with E-state index in [2.05, 4.69) is 39.8 Å². The molecule has 3 aliphatic rings. The zero-order valence-electron chi connectivity index (χ0n) is 18.4. The van der Waals surface area contributed by atoms with Gasteiger partial charge in [0.1, 0.15) is 0 Å². The summed E-state index contributed by atoms with van der Waals surface area (Å²) in [6, 6.07) is 6.80. The van der Waals surface area contributed by atoms with Gasteiger partial charge in [-0.1, -0.05) is 12.1 Å². The molecule has 31 heavy (non-hydrogen) atoms. The third kappa shape index (κ3) is 4.64. The number of anilines is 1. The number of alkyl halides is 3. The molecule has 3 heterocycles. The first kappa shape index (κ1) is 22.2. The van der Waals surface area contributed by atoms with Crippen LogP contribution in [0.1, 0.15) is 50.2 Å². The monoisotopic (exact) mass is 439 g/mol. The predicted octanol–water partition coefficient (Wildman–Crippen LogP) is 4.59. The van der Waals surface area contributed by atoms with Crippen molar-refractivity contribution in [3.05, 3.63) is 29.3 Å². The molecule has 3 aliphatic heterocycles. The number of benzene rings is 1. The van der Waals surface area contributed by atoms with Crippen LogP contribution in [-0.4, -0.2) is 66.9 Å². The summed E-state index contributed by atoms with van der Waals surface area (Å²) in [6.45, 7) is 4.72. The Hall–Kier alpha value is -1.96. The average Bonchev–Trinajstić information content (AvgIpc) is 3.10. The number of halogens is 3. The molecule has 8 heteroatoms. The minimum absolute atomic E-state index is 0.0221. The molecule has 0 aliphatic carbocycles. The first-order valence-corrected chi connectivity index (χ1v) is 11.3. The number of rotatable bonds is 3. The van der Waals surface area contributed by atoms with Gasteiger partial charge in [-0.15, -0.1) is 0 Å². The summed E-state index contributed by atoms with van der Waals surface area (Å²) in [5.74, 6) is 0. The van der Waals surface area contributed by atoms with E-state index in [1.54, 1.807) is 0 Å². The number of hydrogen-bond acceptors (Lipinski definition) is 4. The van der Waals surface area contributed by atoms with Gasteiger partial charge in [-0.3, -0.25) is 4.90 Å². The van der Waals surface area contributed by atoms with E-state index >= 15 is 0 Å². The number of likely N-dealkylation sites (tertiary alicyclic amines) is 2. The van der Waals surface area contributed by atoms with Gasteiger partial charge in [0.15, 0.2) is 6.10 Å².